The molecule has 2 unspecified atom stereocenters. The summed E-state index contributed by atoms with van der Waals surface area (Å²) in [5.74, 6) is -1.11. The molecule has 0 aromatic heterocycles. The van der Waals surface area contributed by atoms with Crippen LogP contribution in [0.4, 0.5) is 5.69 Å². The summed E-state index contributed by atoms with van der Waals surface area (Å²) in [4.78, 5) is 26.7. The van der Waals surface area contributed by atoms with Crippen LogP contribution in [-0.4, -0.2) is 36.6 Å². The van der Waals surface area contributed by atoms with Crippen molar-refractivity contribution in [3.05, 3.63) is 57.5 Å². The van der Waals surface area contributed by atoms with Crippen molar-refractivity contribution in [2.45, 2.75) is 43.7 Å². The molecule has 160 valence electrons. The van der Waals surface area contributed by atoms with Crippen molar-refractivity contribution in [2.75, 3.05) is 4.90 Å². The first-order chi connectivity index (χ1) is 14.1. The number of benzene rings is 2. The number of halogens is 3. The molecule has 2 aromatic rings. The van der Waals surface area contributed by atoms with Crippen LogP contribution in [0.3, 0.4) is 0 Å². The van der Waals surface area contributed by atoms with Gasteiger partial charge in [-0.3, -0.25) is 9.59 Å². The number of carbonyl (C=O) groups is 2. The highest BCUT2D eigenvalue weighted by Crippen LogP contribution is 2.34. The Morgan fingerprint density at radius 1 is 1.07 bits per heavy atom. The highest BCUT2D eigenvalue weighted by atomic mass is 35.5. The average Bonchev–Trinajstić information content (AvgIpc) is 2.98. The lowest BCUT2D eigenvalue weighted by atomic mass is 10.2. The van der Waals surface area contributed by atoms with E-state index in [2.05, 4.69) is 0 Å². The molecule has 1 aliphatic heterocycles. The Kier molecular flexibility index (Phi) is 6.79. The van der Waals surface area contributed by atoms with Crippen molar-refractivity contribution >= 4 is 62.3 Å². The molecule has 2 aromatic carbocycles. The molecule has 0 spiro atoms. The number of rotatable bonds is 6. The number of hydrogen-bond acceptors (Lipinski definition) is 4. The molecule has 0 saturated carbocycles. The van der Waals surface area contributed by atoms with Gasteiger partial charge in [0.1, 0.15) is 10.9 Å². The molecule has 0 radical (unpaired) electrons. The summed E-state index contributed by atoms with van der Waals surface area (Å²) in [6.45, 7) is 3.48. The number of anilines is 1. The molecule has 2 amide bonds. The summed E-state index contributed by atoms with van der Waals surface area (Å²) in [6.07, 6.45) is 0.152. The van der Waals surface area contributed by atoms with Crippen molar-refractivity contribution in [1.82, 2.24) is 4.31 Å². The van der Waals surface area contributed by atoms with Gasteiger partial charge in [0.05, 0.1) is 17.1 Å². The Morgan fingerprint density at radius 3 is 2.27 bits per heavy atom. The van der Waals surface area contributed by atoms with E-state index in [1.165, 1.54) is 30.3 Å². The lowest BCUT2D eigenvalue weighted by Crippen LogP contribution is -2.49. The van der Waals surface area contributed by atoms with E-state index in [0.29, 0.717) is 17.1 Å². The second-order valence-corrected chi connectivity index (χ2v) is 10.0. The van der Waals surface area contributed by atoms with E-state index in [-0.39, 0.29) is 21.4 Å². The van der Waals surface area contributed by atoms with Crippen LogP contribution in [0, 0.1) is 0 Å². The second kappa shape index (κ2) is 8.85. The number of amides is 2. The zero-order valence-electron chi connectivity index (χ0n) is 16.2. The van der Waals surface area contributed by atoms with Crippen molar-refractivity contribution in [1.29, 1.82) is 0 Å². The summed E-state index contributed by atoms with van der Waals surface area (Å²) in [6, 6.07) is 8.54. The third-order valence-corrected chi connectivity index (χ3v) is 7.98. The number of nitrogens with zero attached hydrogens (tertiary/aromatic N) is 2. The number of sulfonamides is 1. The van der Waals surface area contributed by atoms with Crippen LogP contribution in [0.1, 0.15) is 26.7 Å². The Balaban J connectivity index is 2.06. The maximum Gasteiger partial charge on any atom is 0.252 e. The van der Waals surface area contributed by atoms with Gasteiger partial charge < -0.3 is 0 Å². The van der Waals surface area contributed by atoms with Crippen LogP contribution in [0.25, 0.3) is 0 Å². The fraction of sp³-hybridized carbons (Fsp3) is 0.300. The molecular formula is C20H19Cl3N2O4S. The van der Waals surface area contributed by atoms with Gasteiger partial charge in [0.15, 0.2) is 0 Å². The first-order valence-electron chi connectivity index (χ1n) is 9.19. The molecule has 1 fully saturated rings. The maximum atomic E-state index is 13.5. The zero-order valence-corrected chi connectivity index (χ0v) is 19.3. The van der Waals surface area contributed by atoms with E-state index in [1.807, 2.05) is 0 Å². The third-order valence-electron chi connectivity index (χ3n) is 4.99. The van der Waals surface area contributed by atoms with Gasteiger partial charge in [-0.1, -0.05) is 41.7 Å². The fourth-order valence-corrected chi connectivity index (χ4v) is 6.07. The second-order valence-electron chi connectivity index (χ2n) is 6.93. The highest BCUT2D eigenvalue weighted by molar-refractivity contribution is 7.89. The van der Waals surface area contributed by atoms with E-state index in [1.54, 1.807) is 26.0 Å². The quantitative estimate of drug-likeness (QED) is 0.548. The van der Waals surface area contributed by atoms with Gasteiger partial charge in [-0.15, -0.1) is 0 Å². The van der Waals surface area contributed by atoms with E-state index < -0.39 is 33.9 Å². The van der Waals surface area contributed by atoms with Gasteiger partial charge in [0.25, 0.3) is 5.91 Å². The van der Waals surface area contributed by atoms with E-state index in [9.17, 15) is 18.0 Å². The van der Waals surface area contributed by atoms with E-state index >= 15 is 0 Å². The van der Waals surface area contributed by atoms with Gasteiger partial charge in [0, 0.05) is 16.1 Å². The molecule has 10 heteroatoms. The molecule has 0 N–H and O–H groups in total. The van der Waals surface area contributed by atoms with Crippen LogP contribution in [0.15, 0.2) is 47.4 Å². The molecule has 3 rings (SSSR count). The highest BCUT2D eigenvalue weighted by Gasteiger charge is 2.48. The van der Waals surface area contributed by atoms with Crippen molar-refractivity contribution in [3.8, 4) is 0 Å². The van der Waals surface area contributed by atoms with Crippen LogP contribution < -0.4 is 4.90 Å². The lowest BCUT2D eigenvalue weighted by molar-refractivity contribution is -0.122. The Bertz CT molecular complexity index is 1090. The first-order valence-corrected chi connectivity index (χ1v) is 11.8. The summed E-state index contributed by atoms with van der Waals surface area (Å²) in [5.41, 5.74) is 0.333. The molecule has 30 heavy (non-hydrogen) atoms. The largest absolute Gasteiger partial charge is 0.274 e. The molecule has 1 aliphatic rings. The smallest absolute Gasteiger partial charge is 0.252 e. The van der Waals surface area contributed by atoms with Crippen molar-refractivity contribution < 1.29 is 18.0 Å². The molecule has 2 atom stereocenters. The molecule has 0 bridgehead atoms. The summed E-state index contributed by atoms with van der Waals surface area (Å²) in [7, 11) is -4.22. The molecular weight excluding hydrogens is 471 g/mol. The average molecular weight is 490 g/mol. The van der Waals surface area contributed by atoms with E-state index in [0.717, 1.165) is 9.21 Å². The lowest BCUT2D eigenvalue weighted by Gasteiger charge is -2.32. The fourth-order valence-electron chi connectivity index (χ4n) is 3.36. The van der Waals surface area contributed by atoms with Gasteiger partial charge >= 0.3 is 0 Å². The Morgan fingerprint density at radius 2 is 1.67 bits per heavy atom. The minimum Gasteiger partial charge on any atom is -0.274 e. The van der Waals surface area contributed by atoms with Crippen LogP contribution in [0.5, 0.6) is 0 Å². The Labute approximate surface area is 190 Å². The number of carbonyl (C=O) groups excluding carboxylic acids is 2. The zero-order chi connectivity index (χ0) is 22.2. The van der Waals surface area contributed by atoms with Crippen LogP contribution >= 0.6 is 34.8 Å². The summed E-state index contributed by atoms with van der Waals surface area (Å²) < 4.78 is 28.1. The predicted molar refractivity (Wildman–Crippen MR) is 118 cm³/mol. The maximum absolute atomic E-state index is 13.5. The van der Waals surface area contributed by atoms with Gasteiger partial charge in [0.2, 0.25) is 15.9 Å². The minimum absolute atomic E-state index is 0.0148. The molecule has 1 heterocycles. The van der Waals surface area contributed by atoms with E-state index in [4.69, 9.17) is 34.8 Å². The topological polar surface area (TPSA) is 74.8 Å². The standard InChI is InChI=1S/C20H19Cl3N2O4S/c1-3-12(2)25(30(28,29)18-10-14(22)6-9-16(18)23)17-11-19(26)24(20(17)27)15-7-4-13(21)5-8-15/h4-10,12,17H,3,11H2,1-2H3. The third kappa shape index (κ3) is 4.22. The SMILES string of the molecule is CCC(C)N(C1CC(=O)N(c2ccc(Cl)cc2)C1=O)S(=O)(=O)c1cc(Cl)ccc1Cl. The monoisotopic (exact) mass is 488 g/mol. The number of hydrogen-bond donors (Lipinski definition) is 0. The minimum atomic E-state index is -4.22. The predicted octanol–water partition coefficient (Wildman–Crippen LogP) is 4.77. The summed E-state index contributed by atoms with van der Waals surface area (Å²) >= 11 is 18.0. The van der Waals surface area contributed by atoms with Gasteiger partial charge in [-0.2, -0.15) is 4.31 Å². The Hall–Kier alpha value is -1.64. The number of imide groups is 1. The normalized spacial score (nSPS) is 18.3. The van der Waals surface area contributed by atoms with Crippen LogP contribution in [-0.2, 0) is 19.6 Å². The van der Waals surface area contributed by atoms with Crippen molar-refractivity contribution in [2.24, 2.45) is 0 Å². The summed E-state index contributed by atoms with van der Waals surface area (Å²) in [5, 5.41) is 0.631. The van der Waals surface area contributed by atoms with Gasteiger partial charge in [-0.05, 0) is 55.8 Å². The molecule has 0 aliphatic carbocycles. The van der Waals surface area contributed by atoms with Gasteiger partial charge in [-0.25, -0.2) is 13.3 Å². The van der Waals surface area contributed by atoms with Crippen LogP contribution in [0.2, 0.25) is 15.1 Å². The molecule has 6 nitrogen and oxygen atoms in total. The molecule has 1 saturated heterocycles. The van der Waals surface area contributed by atoms with Crippen molar-refractivity contribution in [3.63, 3.8) is 0 Å². The first kappa shape index (κ1) is 23.0.